The lowest BCUT2D eigenvalue weighted by molar-refractivity contribution is 0.00751. The quantitative estimate of drug-likeness (QED) is 0.207. The number of hydrogen-bond acceptors (Lipinski definition) is 6. The van der Waals surface area contributed by atoms with Gasteiger partial charge in [0.05, 0.1) is 18.2 Å². The SMILES string of the molecule is CCOC(=O)c1ccc(F)c(-c2ccc(C(=O)N(C(C)C)[C@@H]3CCCN(C(=O)OC(C)(C)C)C3)cc2CCCCOC)c1. The van der Waals surface area contributed by atoms with E-state index in [0.717, 1.165) is 31.2 Å². The van der Waals surface area contributed by atoms with Gasteiger partial charge in [-0.05, 0) is 115 Å². The molecule has 1 heterocycles. The molecule has 0 spiro atoms. The van der Waals surface area contributed by atoms with E-state index in [1.807, 2.05) is 45.6 Å². The number of hydrogen-bond donors (Lipinski definition) is 0. The second-order valence-corrected chi connectivity index (χ2v) is 12.3. The Morgan fingerprint density at radius 2 is 1.77 bits per heavy atom. The molecule has 2 amide bonds. The van der Waals surface area contributed by atoms with Gasteiger partial charge >= 0.3 is 12.1 Å². The first-order valence-electron chi connectivity index (χ1n) is 15.3. The average molecular weight is 599 g/mol. The fourth-order valence-electron chi connectivity index (χ4n) is 5.48. The highest BCUT2D eigenvalue weighted by Crippen LogP contribution is 2.31. The average Bonchev–Trinajstić information content (AvgIpc) is 2.95. The highest BCUT2D eigenvalue weighted by Gasteiger charge is 2.34. The van der Waals surface area contributed by atoms with Gasteiger partial charge in [-0.3, -0.25) is 4.79 Å². The molecule has 0 N–H and O–H groups in total. The first kappa shape index (κ1) is 34.0. The number of ether oxygens (including phenoxy) is 3. The Morgan fingerprint density at radius 3 is 2.42 bits per heavy atom. The summed E-state index contributed by atoms with van der Waals surface area (Å²) in [6.07, 6.45) is 3.35. The molecular weight excluding hydrogens is 551 g/mol. The van der Waals surface area contributed by atoms with Gasteiger partial charge in [-0.15, -0.1) is 0 Å². The van der Waals surface area contributed by atoms with Crippen molar-refractivity contribution in [2.75, 3.05) is 33.4 Å². The van der Waals surface area contributed by atoms with E-state index in [-0.39, 0.29) is 41.8 Å². The van der Waals surface area contributed by atoms with Gasteiger partial charge < -0.3 is 24.0 Å². The van der Waals surface area contributed by atoms with Gasteiger partial charge in [0.2, 0.25) is 0 Å². The summed E-state index contributed by atoms with van der Waals surface area (Å²) in [4.78, 5) is 42.8. The van der Waals surface area contributed by atoms with Crippen LogP contribution in [-0.4, -0.2) is 78.9 Å². The molecule has 1 fully saturated rings. The standard InChI is InChI=1S/C34H47FN2O6/c1-8-42-32(39)26-15-17-30(35)29(21-26)28-16-14-25(20-24(28)12-9-10-19-41-7)31(38)37(23(2)3)27-13-11-18-36(22-27)33(40)43-34(4,5)6/h14-17,20-21,23,27H,8-13,18-19,22H2,1-7H3/t27-/m1/s1. The van der Waals surface area contributed by atoms with Crippen molar-refractivity contribution in [3.05, 3.63) is 58.9 Å². The van der Waals surface area contributed by atoms with Crippen LogP contribution in [0.2, 0.25) is 0 Å². The van der Waals surface area contributed by atoms with Crippen LogP contribution < -0.4 is 0 Å². The number of rotatable bonds is 11. The van der Waals surface area contributed by atoms with Crippen LogP contribution in [-0.2, 0) is 20.6 Å². The van der Waals surface area contributed by atoms with Crippen LogP contribution in [0.15, 0.2) is 36.4 Å². The molecule has 0 aliphatic carbocycles. The first-order valence-corrected chi connectivity index (χ1v) is 15.3. The summed E-state index contributed by atoms with van der Waals surface area (Å²) < 4.78 is 31.1. The molecule has 0 aromatic heterocycles. The van der Waals surface area contributed by atoms with E-state index in [4.69, 9.17) is 14.2 Å². The van der Waals surface area contributed by atoms with Crippen molar-refractivity contribution in [2.24, 2.45) is 0 Å². The van der Waals surface area contributed by atoms with Gasteiger partial charge in [-0.25, -0.2) is 14.0 Å². The third kappa shape index (κ3) is 9.26. The molecule has 2 aromatic carbocycles. The van der Waals surface area contributed by atoms with Crippen molar-refractivity contribution in [1.82, 2.24) is 9.80 Å². The molecule has 236 valence electrons. The number of carbonyl (C=O) groups is 3. The topological polar surface area (TPSA) is 85.4 Å². The van der Waals surface area contributed by atoms with E-state index in [1.54, 1.807) is 31.1 Å². The van der Waals surface area contributed by atoms with Crippen molar-refractivity contribution in [2.45, 2.75) is 91.3 Å². The lowest BCUT2D eigenvalue weighted by atomic mass is 9.92. The second-order valence-electron chi connectivity index (χ2n) is 12.3. The zero-order chi connectivity index (χ0) is 31.7. The molecule has 9 heteroatoms. The number of nitrogens with zero attached hydrogens (tertiary/aromatic N) is 2. The molecule has 8 nitrogen and oxygen atoms in total. The molecular formula is C34H47FN2O6. The Hall–Kier alpha value is -3.46. The number of aryl methyl sites for hydroxylation is 1. The first-order chi connectivity index (χ1) is 20.4. The van der Waals surface area contributed by atoms with Crippen molar-refractivity contribution in [3.63, 3.8) is 0 Å². The maximum atomic E-state index is 15.2. The summed E-state index contributed by atoms with van der Waals surface area (Å²) in [5.41, 5.74) is 1.88. The molecule has 1 saturated heterocycles. The van der Waals surface area contributed by atoms with Crippen LogP contribution >= 0.6 is 0 Å². The predicted molar refractivity (Wildman–Crippen MR) is 165 cm³/mol. The maximum Gasteiger partial charge on any atom is 0.410 e. The van der Waals surface area contributed by atoms with Crippen molar-refractivity contribution >= 4 is 18.0 Å². The van der Waals surface area contributed by atoms with Crippen LogP contribution in [0, 0.1) is 5.82 Å². The van der Waals surface area contributed by atoms with Gasteiger partial charge in [-0.1, -0.05) is 6.07 Å². The number of methoxy groups -OCH3 is 1. The summed E-state index contributed by atoms with van der Waals surface area (Å²) in [5, 5.41) is 0. The monoisotopic (exact) mass is 598 g/mol. The Bertz CT molecular complexity index is 1270. The Labute approximate surface area is 255 Å². The van der Waals surface area contributed by atoms with Gasteiger partial charge in [0.1, 0.15) is 11.4 Å². The van der Waals surface area contributed by atoms with Crippen LogP contribution in [0.1, 0.15) is 93.5 Å². The molecule has 43 heavy (non-hydrogen) atoms. The van der Waals surface area contributed by atoms with E-state index in [2.05, 4.69) is 0 Å². The summed E-state index contributed by atoms with van der Waals surface area (Å²) in [7, 11) is 1.65. The third-order valence-corrected chi connectivity index (χ3v) is 7.40. The summed E-state index contributed by atoms with van der Waals surface area (Å²) >= 11 is 0. The zero-order valence-corrected chi connectivity index (χ0v) is 26.7. The maximum absolute atomic E-state index is 15.2. The molecule has 1 aliphatic heterocycles. The Balaban J connectivity index is 1.96. The highest BCUT2D eigenvalue weighted by atomic mass is 19.1. The number of carbonyl (C=O) groups excluding carboxylic acids is 3. The van der Waals surface area contributed by atoms with Crippen LogP contribution in [0.4, 0.5) is 9.18 Å². The Kier molecular flexibility index (Phi) is 12.1. The minimum Gasteiger partial charge on any atom is -0.462 e. The molecule has 0 unspecified atom stereocenters. The number of piperidine rings is 1. The number of unbranched alkanes of at least 4 members (excludes halogenated alkanes) is 1. The van der Waals surface area contributed by atoms with Gasteiger partial charge in [0.25, 0.3) is 5.91 Å². The lowest BCUT2D eigenvalue weighted by Crippen LogP contribution is -2.54. The number of benzene rings is 2. The molecule has 0 saturated carbocycles. The van der Waals surface area contributed by atoms with E-state index >= 15 is 4.39 Å². The van der Waals surface area contributed by atoms with E-state index in [1.165, 1.54) is 18.2 Å². The van der Waals surface area contributed by atoms with E-state index in [0.29, 0.717) is 37.2 Å². The fraction of sp³-hybridized carbons (Fsp3) is 0.559. The summed E-state index contributed by atoms with van der Waals surface area (Å²) in [6.45, 7) is 13.0. The lowest BCUT2D eigenvalue weighted by Gasteiger charge is -2.41. The van der Waals surface area contributed by atoms with Crippen LogP contribution in [0.3, 0.4) is 0 Å². The minimum atomic E-state index is -0.603. The fourth-order valence-corrected chi connectivity index (χ4v) is 5.48. The zero-order valence-electron chi connectivity index (χ0n) is 26.7. The van der Waals surface area contributed by atoms with Crippen molar-refractivity contribution in [1.29, 1.82) is 0 Å². The van der Waals surface area contributed by atoms with Gasteiger partial charge in [-0.2, -0.15) is 0 Å². The summed E-state index contributed by atoms with van der Waals surface area (Å²) in [5.74, 6) is -1.12. The number of esters is 1. The van der Waals surface area contributed by atoms with Crippen molar-refractivity contribution in [3.8, 4) is 11.1 Å². The third-order valence-electron chi connectivity index (χ3n) is 7.40. The number of likely N-dealkylation sites (tertiary alicyclic amines) is 1. The molecule has 2 aromatic rings. The minimum absolute atomic E-state index is 0.111. The van der Waals surface area contributed by atoms with Gasteiger partial charge in [0.15, 0.2) is 0 Å². The molecule has 1 atom stereocenters. The van der Waals surface area contributed by atoms with Crippen molar-refractivity contribution < 1.29 is 33.0 Å². The largest absolute Gasteiger partial charge is 0.462 e. The molecule has 0 radical (unpaired) electrons. The molecule has 0 bridgehead atoms. The summed E-state index contributed by atoms with van der Waals surface area (Å²) in [6, 6.07) is 9.24. The normalized spacial score (nSPS) is 15.4. The second kappa shape index (κ2) is 15.3. The number of amides is 2. The predicted octanol–water partition coefficient (Wildman–Crippen LogP) is 6.89. The van der Waals surface area contributed by atoms with Gasteiger partial charge in [0, 0.05) is 44.0 Å². The van der Waals surface area contributed by atoms with Crippen LogP contribution in [0.25, 0.3) is 11.1 Å². The smallest absolute Gasteiger partial charge is 0.410 e. The van der Waals surface area contributed by atoms with Crippen LogP contribution in [0.5, 0.6) is 0 Å². The van der Waals surface area contributed by atoms with E-state index in [9.17, 15) is 14.4 Å². The number of halogens is 1. The highest BCUT2D eigenvalue weighted by molar-refractivity contribution is 5.96. The molecule has 3 rings (SSSR count). The van der Waals surface area contributed by atoms with E-state index < -0.39 is 17.4 Å². The molecule has 1 aliphatic rings. The Morgan fingerprint density at radius 1 is 1.05 bits per heavy atom.